The van der Waals surface area contributed by atoms with E-state index in [1.807, 2.05) is 17.0 Å². The van der Waals surface area contributed by atoms with Gasteiger partial charge in [-0.1, -0.05) is 6.07 Å². The summed E-state index contributed by atoms with van der Waals surface area (Å²) in [5, 5.41) is 0. The summed E-state index contributed by atoms with van der Waals surface area (Å²) in [6.07, 6.45) is 1.70. The number of pyridine rings is 1. The first-order valence-electron chi connectivity index (χ1n) is 6.83. The molecule has 0 radical (unpaired) electrons. The highest BCUT2D eigenvalue weighted by Gasteiger charge is 2.06. The molecule has 1 rings (SSSR count). The van der Waals surface area contributed by atoms with Gasteiger partial charge in [-0.05, 0) is 19.9 Å². The normalized spacial score (nSPS) is 11.4. The lowest BCUT2D eigenvalue weighted by Gasteiger charge is -2.19. The summed E-state index contributed by atoms with van der Waals surface area (Å²) >= 11 is 0. The van der Waals surface area contributed by atoms with Crippen LogP contribution < -0.4 is 10.5 Å². The maximum Gasteiger partial charge on any atom is 0.218 e. The fourth-order valence-electron chi connectivity index (χ4n) is 1.71. The van der Waals surface area contributed by atoms with E-state index in [9.17, 15) is 0 Å². The monoisotopic (exact) mass is 280 g/mol. The van der Waals surface area contributed by atoms with Gasteiger partial charge in [0.05, 0.1) is 13.2 Å². The summed E-state index contributed by atoms with van der Waals surface area (Å²) in [7, 11) is 1.64. The van der Waals surface area contributed by atoms with Gasteiger partial charge in [0, 0.05) is 32.0 Å². The second-order valence-electron chi connectivity index (χ2n) is 4.16. The predicted molar refractivity (Wildman–Crippen MR) is 79.9 cm³/mol. The number of hydrogen-bond donors (Lipinski definition) is 1. The zero-order valence-electron chi connectivity index (χ0n) is 12.5. The van der Waals surface area contributed by atoms with E-state index in [2.05, 4.69) is 23.8 Å². The molecule has 6 heteroatoms. The quantitative estimate of drug-likeness (QED) is 0.441. The highest BCUT2D eigenvalue weighted by Crippen LogP contribution is 2.15. The third kappa shape index (κ3) is 5.05. The number of hydrogen-bond acceptors (Lipinski definition) is 4. The Bertz CT molecular complexity index is 419. The lowest BCUT2D eigenvalue weighted by atomic mass is 10.3. The van der Waals surface area contributed by atoms with Gasteiger partial charge in [0.15, 0.2) is 5.96 Å². The van der Waals surface area contributed by atoms with E-state index in [0.29, 0.717) is 31.6 Å². The molecule has 0 fully saturated rings. The Morgan fingerprint density at radius 1 is 1.35 bits per heavy atom. The fourth-order valence-corrected chi connectivity index (χ4v) is 1.71. The van der Waals surface area contributed by atoms with Crippen molar-refractivity contribution in [1.29, 1.82) is 0 Å². The smallest absolute Gasteiger partial charge is 0.218 e. The zero-order chi connectivity index (χ0) is 14.8. The highest BCUT2D eigenvalue weighted by molar-refractivity contribution is 5.78. The molecule has 6 nitrogen and oxygen atoms in total. The van der Waals surface area contributed by atoms with Gasteiger partial charge >= 0.3 is 0 Å². The minimum Gasteiger partial charge on any atom is -0.475 e. The minimum absolute atomic E-state index is 0.457. The summed E-state index contributed by atoms with van der Waals surface area (Å²) < 4.78 is 10.5. The molecule has 0 aliphatic heterocycles. The molecule has 0 bridgehead atoms. The standard InChI is InChI=1S/C14H24N4O2/c1-4-18(5-2)14(15)17-11-12-7-6-8-16-13(12)20-10-9-19-3/h6-8H,4-5,9-11H2,1-3H3,(H2,15,17). The van der Waals surface area contributed by atoms with Gasteiger partial charge in [0.1, 0.15) is 6.61 Å². The van der Waals surface area contributed by atoms with Gasteiger partial charge in [0.25, 0.3) is 0 Å². The first kappa shape index (κ1) is 16.2. The van der Waals surface area contributed by atoms with Crippen LogP contribution in [0.1, 0.15) is 19.4 Å². The molecule has 0 saturated heterocycles. The molecular formula is C14H24N4O2. The van der Waals surface area contributed by atoms with E-state index in [1.54, 1.807) is 13.3 Å². The Labute approximate surface area is 120 Å². The zero-order valence-corrected chi connectivity index (χ0v) is 12.5. The van der Waals surface area contributed by atoms with E-state index in [1.165, 1.54) is 0 Å². The van der Waals surface area contributed by atoms with Crippen LogP contribution in [0.2, 0.25) is 0 Å². The number of nitrogens with two attached hydrogens (primary N) is 1. The Morgan fingerprint density at radius 3 is 2.75 bits per heavy atom. The summed E-state index contributed by atoms with van der Waals surface area (Å²) in [6.45, 7) is 7.24. The van der Waals surface area contributed by atoms with Gasteiger partial charge in [-0.25, -0.2) is 9.98 Å². The average molecular weight is 280 g/mol. The molecule has 1 aromatic heterocycles. The van der Waals surface area contributed by atoms with Crippen molar-refractivity contribution >= 4 is 5.96 Å². The Balaban J connectivity index is 2.69. The second-order valence-corrected chi connectivity index (χ2v) is 4.16. The van der Waals surface area contributed by atoms with Crippen molar-refractivity contribution in [3.63, 3.8) is 0 Å². The lowest BCUT2D eigenvalue weighted by Crippen LogP contribution is -2.37. The van der Waals surface area contributed by atoms with E-state index in [4.69, 9.17) is 15.2 Å². The number of rotatable bonds is 8. The molecule has 0 unspecified atom stereocenters. The van der Waals surface area contributed by atoms with E-state index >= 15 is 0 Å². The first-order chi connectivity index (χ1) is 9.72. The molecule has 1 aromatic rings. The summed E-state index contributed by atoms with van der Waals surface area (Å²) in [5.74, 6) is 1.13. The minimum atomic E-state index is 0.457. The number of methoxy groups -OCH3 is 1. The fraction of sp³-hybridized carbons (Fsp3) is 0.571. The first-order valence-corrected chi connectivity index (χ1v) is 6.83. The Kier molecular flexibility index (Phi) is 7.42. The molecule has 0 saturated carbocycles. The maximum absolute atomic E-state index is 5.95. The number of ether oxygens (including phenoxy) is 2. The van der Waals surface area contributed by atoms with Crippen molar-refractivity contribution < 1.29 is 9.47 Å². The molecule has 0 amide bonds. The van der Waals surface area contributed by atoms with Gasteiger partial charge in [-0.15, -0.1) is 0 Å². The van der Waals surface area contributed by atoms with Crippen molar-refractivity contribution in [3.8, 4) is 5.88 Å². The van der Waals surface area contributed by atoms with E-state index in [0.717, 1.165) is 18.7 Å². The van der Waals surface area contributed by atoms with Crippen molar-refractivity contribution in [2.45, 2.75) is 20.4 Å². The molecule has 0 aliphatic rings. The summed E-state index contributed by atoms with van der Waals surface area (Å²) in [5.41, 5.74) is 6.87. The molecule has 112 valence electrons. The molecule has 0 aromatic carbocycles. The lowest BCUT2D eigenvalue weighted by molar-refractivity contribution is 0.143. The average Bonchev–Trinajstić information content (AvgIpc) is 2.48. The molecule has 2 N–H and O–H groups in total. The second kappa shape index (κ2) is 9.14. The van der Waals surface area contributed by atoms with Crippen LogP contribution in [0.25, 0.3) is 0 Å². The highest BCUT2D eigenvalue weighted by atomic mass is 16.5. The third-order valence-electron chi connectivity index (χ3n) is 2.88. The largest absolute Gasteiger partial charge is 0.475 e. The van der Waals surface area contributed by atoms with Crippen LogP contribution in [-0.2, 0) is 11.3 Å². The van der Waals surface area contributed by atoms with Crippen LogP contribution in [0.3, 0.4) is 0 Å². The molecule has 0 atom stereocenters. The molecule has 1 heterocycles. The predicted octanol–water partition coefficient (Wildman–Crippen LogP) is 1.26. The van der Waals surface area contributed by atoms with Gasteiger partial charge in [0.2, 0.25) is 5.88 Å². The molecule has 0 spiro atoms. The van der Waals surface area contributed by atoms with Gasteiger partial charge in [-0.3, -0.25) is 0 Å². The van der Waals surface area contributed by atoms with Crippen LogP contribution >= 0.6 is 0 Å². The number of nitrogens with zero attached hydrogens (tertiary/aromatic N) is 3. The van der Waals surface area contributed by atoms with Gasteiger partial charge in [-0.2, -0.15) is 0 Å². The molecule has 20 heavy (non-hydrogen) atoms. The SMILES string of the molecule is CCN(CC)C(N)=NCc1cccnc1OCCOC. The number of aromatic nitrogens is 1. The van der Waals surface area contributed by atoms with Crippen LogP contribution in [0.15, 0.2) is 23.3 Å². The van der Waals surface area contributed by atoms with E-state index in [-0.39, 0.29) is 0 Å². The molecule has 0 aliphatic carbocycles. The number of aliphatic imine (C=N–C) groups is 1. The van der Waals surface area contributed by atoms with Crippen molar-refractivity contribution in [3.05, 3.63) is 23.9 Å². The van der Waals surface area contributed by atoms with Crippen molar-refractivity contribution in [1.82, 2.24) is 9.88 Å². The van der Waals surface area contributed by atoms with Crippen LogP contribution in [-0.4, -0.2) is 49.3 Å². The van der Waals surface area contributed by atoms with Crippen LogP contribution in [0.4, 0.5) is 0 Å². The Morgan fingerprint density at radius 2 is 2.10 bits per heavy atom. The third-order valence-corrected chi connectivity index (χ3v) is 2.88. The van der Waals surface area contributed by atoms with Crippen LogP contribution in [0.5, 0.6) is 5.88 Å². The topological polar surface area (TPSA) is 73.0 Å². The van der Waals surface area contributed by atoms with Crippen LogP contribution in [0, 0.1) is 0 Å². The van der Waals surface area contributed by atoms with Gasteiger partial charge < -0.3 is 20.1 Å². The maximum atomic E-state index is 5.95. The summed E-state index contributed by atoms with van der Waals surface area (Å²) in [4.78, 5) is 10.6. The number of guanidine groups is 1. The van der Waals surface area contributed by atoms with Crippen molar-refractivity contribution in [2.75, 3.05) is 33.4 Å². The van der Waals surface area contributed by atoms with Crippen molar-refractivity contribution in [2.24, 2.45) is 10.7 Å². The Hall–Kier alpha value is -1.82. The molecular weight excluding hydrogens is 256 g/mol. The summed E-state index contributed by atoms with van der Waals surface area (Å²) in [6, 6.07) is 3.80. The van der Waals surface area contributed by atoms with E-state index < -0.39 is 0 Å².